The minimum absolute atomic E-state index is 0. The zero-order valence-corrected chi connectivity index (χ0v) is 14.3. The monoisotopic (exact) mass is 337 g/mol. The zero-order valence-electron chi connectivity index (χ0n) is 10.3. The topological polar surface area (TPSA) is 17.1 Å². The Balaban J connectivity index is 0.00000289. The van der Waals surface area contributed by atoms with Crippen LogP contribution >= 0.6 is 55.0 Å². The van der Waals surface area contributed by atoms with Crippen LogP contribution in [-0.2, 0) is 0 Å². The summed E-state index contributed by atoms with van der Waals surface area (Å²) >= 11 is 23.8. The maximum absolute atomic E-state index is 12.1. The summed E-state index contributed by atoms with van der Waals surface area (Å²) in [6.45, 7) is 4.03. The average molecular weight is 339 g/mol. The van der Waals surface area contributed by atoms with Gasteiger partial charge in [0.15, 0.2) is 5.52 Å². The molecule has 0 aromatic heterocycles. The molecule has 1 radical (unpaired) electrons. The van der Waals surface area contributed by atoms with Crippen molar-refractivity contribution in [1.29, 1.82) is 0 Å². The summed E-state index contributed by atoms with van der Waals surface area (Å²) in [6, 6.07) is 1.44. The van der Waals surface area contributed by atoms with Gasteiger partial charge in [-0.05, 0) is 26.7 Å². The predicted molar refractivity (Wildman–Crippen MR) is 84.6 cm³/mol. The van der Waals surface area contributed by atoms with Crippen molar-refractivity contribution in [3.63, 3.8) is 0 Å². The van der Waals surface area contributed by atoms with Crippen molar-refractivity contribution in [2.75, 3.05) is 0 Å². The van der Waals surface area contributed by atoms with Gasteiger partial charge in [0.05, 0.1) is 25.7 Å². The van der Waals surface area contributed by atoms with Crippen molar-refractivity contribution in [3.05, 3.63) is 31.7 Å². The molecule has 2 atom stereocenters. The van der Waals surface area contributed by atoms with Gasteiger partial charge in [-0.2, -0.15) is 0 Å². The summed E-state index contributed by atoms with van der Waals surface area (Å²) in [5.41, 5.74) is 0.440. The number of carbonyl (C=O) groups excluding carboxylic acids is 1. The molecule has 95 valence electrons. The van der Waals surface area contributed by atoms with E-state index in [1.807, 2.05) is 13.8 Å². The van der Waals surface area contributed by atoms with Gasteiger partial charge in [-0.1, -0.05) is 60.3 Å². The van der Waals surface area contributed by atoms with Crippen molar-refractivity contribution in [2.45, 2.75) is 25.9 Å². The van der Waals surface area contributed by atoms with Gasteiger partial charge < -0.3 is 0 Å². The Bertz CT molecular complexity index is 427. The molecule has 1 nitrogen and oxygen atoms in total. The third-order valence-corrected chi connectivity index (χ3v) is 5.32. The molecule has 1 aromatic rings. The number of hydrogen-bond donors (Lipinski definition) is 0. The maximum atomic E-state index is 12.1. The van der Waals surface area contributed by atoms with Crippen molar-refractivity contribution in [1.82, 2.24) is 0 Å². The van der Waals surface area contributed by atoms with Crippen molar-refractivity contribution < 1.29 is 4.79 Å². The molecule has 0 aliphatic carbocycles. The Morgan fingerprint density at radius 3 is 2.06 bits per heavy atom. The van der Waals surface area contributed by atoms with Crippen LogP contribution in [0.1, 0.15) is 30.6 Å². The fourth-order valence-corrected chi connectivity index (χ4v) is 3.36. The summed E-state index contributed by atoms with van der Waals surface area (Å²) in [5.74, 6) is 0. The Labute approximate surface area is 141 Å². The normalized spacial score (nSPS) is 12.6. The van der Waals surface area contributed by atoms with Crippen LogP contribution in [0, 0.1) is 0 Å². The average Bonchev–Trinajstić information content (AvgIpc) is 2.26. The van der Waals surface area contributed by atoms with Crippen LogP contribution in [0.2, 0.25) is 20.1 Å². The van der Waals surface area contributed by atoms with Crippen LogP contribution in [0.15, 0.2) is 6.07 Å². The Hall–Kier alpha value is 1.08. The first-order valence-corrected chi connectivity index (χ1v) is 7.61. The van der Waals surface area contributed by atoms with Crippen molar-refractivity contribution >= 4 is 79.4 Å². The standard InChI is InChI=1S/C11H11Cl4OP.Li/c1-3-5(2)17-11(16)8-9(14)6(12)4-7(13)10(8)15;/h4-5,17H,3H2,1-2H3;. The molecule has 18 heavy (non-hydrogen) atoms. The summed E-state index contributed by atoms with van der Waals surface area (Å²) in [4.78, 5) is 12.1. The minimum atomic E-state index is -0.0984. The van der Waals surface area contributed by atoms with E-state index in [0.717, 1.165) is 6.42 Å². The van der Waals surface area contributed by atoms with Gasteiger partial charge in [-0.15, -0.1) is 0 Å². The fraction of sp³-hybridized carbons (Fsp3) is 0.364. The zero-order chi connectivity index (χ0) is 13.2. The largest absolute Gasteiger partial charge is 0.289 e. The molecule has 0 saturated heterocycles. The van der Waals surface area contributed by atoms with E-state index in [0.29, 0.717) is 5.66 Å². The molecule has 7 heteroatoms. The molecule has 0 spiro atoms. The molecule has 0 bridgehead atoms. The third kappa shape index (κ3) is 4.57. The first kappa shape index (κ1) is 19.1. The summed E-state index contributed by atoms with van der Waals surface area (Å²) in [6.07, 6.45) is 0.924. The molecular weight excluding hydrogens is 328 g/mol. The van der Waals surface area contributed by atoms with E-state index in [1.165, 1.54) is 6.07 Å². The second-order valence-corrected chi connectivity index (χ2v) is 6.92. The Kier molecular flexibility index (Phi) is 8.89. The molecule has 0 aliphatic heterocycles. The predicted octanol–water partition coefficient (Wildman–Crippen LogP) is 5.54. The fourth-order valence-electron chi connectivity index (χ4n) is 1.17. The van der Waals surface area contributed by atoms with Gasteiger partial charge in [0.2, 0.25) is 0 Å². The second kappa shape index (κ2) is 8.38. The Morgan fingerprint density at radius 1 is 1.22 bits per heavy atom. The van der Waals surface area contributed by atoms with Crippen LogP contribution in [-0.4, -0.2) is 30.0 Å². The van der Waals surface area contributed by atoms with E-state index in [1.54, 1.807) is 0 Å². The molecule has 1 aromatic carbocycles. The van der Waals surface area contributed by atoms with Crippen LogP contribution in [0.3, 0.4) is 0 Å². The summed E-state index contributed by atoms with van der Waals surface area (Å²) in [7, 11) is 0.118. The van der Waals surface area contributed by atoms with Crippen molar-refractivity contribution in [2.24, 2.45) is 0 Å². The van der Waals surface area contributed by atoms with Crippen LogP contribution < -0.4 is 0 Å². The van der Waals surface area contributed by atoms with Gasteiger partial charge in [0.1, 0.15) is 0 Å². The number of hydrogen-bond acceptors (Lipinski definition) is 1. The van der Waals surface area contributed by atoms with E-state index in [9.17, 15) is 4.79 Å². The summed E-state index contributed by atoms with van der Waals surface area (Å²) < 4.78 is 0. The van der Waals surface area contributed by atoms with Crippen molar-refractivity contribution in [3.8, 4) is 0 Å². The van der Waals surface area contributed by atoms with Crippen LogP contribution in [0.25, 0.3) is 0 Å². The van der Waals surface area contributed by atoms with E-state index in [-0.39, 0.29) is 58.6 Å². The second-order valence-electron chi connectivity index (χ2n) is 3.63. The number of carbonyl (C=O) groups is 1. The maximum Gasteiger partial charge on any atom is 0.184 e. The molecule has 0 heterocycles. The van der Waals surface area contributed by atoms with E-state index in [4.69, 9.17) is 46.4 Å². The Morgan fingerprint density at radius 2 is 1.67 bits per heavy atom. The SMILES string of the molecule is CCC(C)PC(=O)c1c(Cl)c(Cl)cc(Cl)c1Cl.[Li]. The molecular formula is C11H11Cl4LiOP. The molecule has 0 saturated carbocycles. The van der Waals surface area contributed by atoms with Crippen LogP contribution in [0.5, 0.6) is 0 Å². The van der Waals surface area contributed by atoms with E-state index >= 15 is 0 Å². The van der Waals surface area contributed by atoms with Gasteiger partial charge in [0.25, 0.3) is 0 Å². The first-order chi connectivity index (χ1) is 7.88. The minimum Gasteiger partial charge on any atom is -0.289 e. The smallest absolute Gasteiger partial charge is 0.184 e. The van der Waals surface area contributed by atoms with Gasteiger partial charge in [0, 0.05) is 18.9 Å². The number of benzene rings is 1. The summed E-state index contributed by atoms with van der Waals surface area (Å²) in [5, 5.41) is 0.862. The molecule has 0 fully saturated rings. The number of rotatable bonds is 4. The van der Waals surface area contributed by atoms with E-state index in [2.05, 4.69) is 0 Å². The quantitative estimate of drug-likeness (QED) is 0.400. The first-order valence-electron chi connectivity index (χ1n) is 5.02. The molecule has 2 unspecified atom stereocenters. The molecule has 1 rings (SSSR count). The van der Waals surface area contributed by atoms with Gasteiger partial charge in [-0.3, -0.25) is 4.79 Å². The van der Waals surface area contributed by atoms with Crippen LogP contribution in [0.4, 0.5) is 0 Å². The molecule has 0 amide bonds. The molecule has 0 N–H and O–H groups in total. The molecule has 0 aliphatic rings. The van der Waals surface area contributed by atoms with E-state index < -0.39 is 0 Å². The third-order valence-electron chi connectivity index (χ3n) is 2.33. The van der Waals surface area contributed by atoms with Gasteiger partial charge in [-0.25, -0.2) is 0 Å². The van der Waals surface area contributed by atoms with Gasteiger partial charge >= 0.3 is 0 Å². The number of halogens is 4.